The maximum Gasteiger partial charge on any atom is 0.331 e. The summed E-state index contributed by atoms with van der Waals surface area (Å²) >= 11 is 0. The van der Waals surface area contributed by atoms with Crippen LogP contribution in [0.1, 0.15) is 18.1 Å². The predicted octanol–water partition coefficient (Wildman–Crippen LogP) is 3.32. The van der Waals surface area contributed by atoms with Crippen molar-refractivity contribution in [3.05, 3.63) is 59.7 Å². The number of amides is 1. The van der Waals surface area contributed by atoms with Gasteiger partial charge in [-0.05, 0) is 24.6 Å². The normalized spacial score (nSPS) is 10.5. The third kappa shape index (κ3) is 6.27. The number of nitrogens with zero attached hydrogens (tertiary/aromatic N) is 1. The minimum absolute atomic E-state index is 0.258. The molecule has 1 amide bonds. The number of hydrogen-bond donors (Lipinski definition) is 0. The maximum atomic E-state index is 12.4. The molecule has 30 heavy (non-hydrogen) atoms. The van der Waals surface area contributed by atoms with Crippen LogP contribution in [0.2, 0.25) is 0 Å². The van der Waals surface area contributed by atoms with Gasteiger partial charge in [0.25, 0.3) is 5.91 Å². The molecule has 0 fully saturated rings. The maximum absolute atomic E-state index is 12.4. The number of ether oxygens (including phenoxy) is 4. The van der Waals surface area contributed by atoms with E-state index in [2.05, 4.69) is 0 Å². The van der Waals surface area contributed by atoms with Gasteiger partial charge in [-0.3, -0.25) is 4.79 Å². The summed E-state index contributed by atoms with van der Waals surface area (Å²) in [5, 5.41) is 0. The number of hydrogen-bond acceptors (Lipinski definition) is 6. The molecule has 0 radical (unpaired) electrons. The Morgan fingerprint density at radius 3 is 2.17 bits per heavy atom. The highest BCUT2D eigenvalue weighted by Gasteiger charge is 2.14. The van der Waals surface area contributed by atoms with E-state index in [1.807, 2.05) is 37.3 Å². The van der Waals surface area contributed by atoms with Gasteiger partial charge in [-0.1, -0.05) is 30.3 Å². The van der Waals surface area contributed by atoms with Gasteiger partial charge in [0, 0.05) is 30.8 Å². The standard InChI is InChI=1S/C23H27NO6/c1-5-24(15-17-9-7-6-8-10-17)22(25)16-30-23(26)12-11-18-13-20(28-3)21(29-4)14-19(18)27-2/h6-14H,5,15-16H2,1-4H3/b12-11+. The van der Waals surface area contributed by atoms with E-state index in [9.17, 15) is 9.59 Å². The summed E-state index contributed by atoms with van der Waals surface area (Å²) in [4.78, 5) is 26.1. The summed E-state index contributed by atoms with van der Waals surface area (Å²) in [6, 6.07) is 13.0. The van der Waals surface area contributed by atoms with E-state index in [1.54, 1.807) is 17.0 Å². The molecule has 0 heterocycles. The number of likely N-dealkylation sites (N-methyl/N-ethyl adjacent to an activating group) is 1. The fourth-order valence-corrected chi connectivity index (χ4v) is 2.79. The summed E-state index contributed by atoms with van der Waals surface area (Å²) in [6.07, 6.45) is 2.78. The molecule has 0 atom stereocenters. The molecule has 2 aromatic carbocycles. The summed E-state index contributed by atoms with van der Waals surface area (Å²) < 4.78 is 20.9. The minimum Gasteiger partial charge on any atom is -0.496 e. The van der Waals surface area contributed by atoms with Gasteiger partial charge in [-0.25, -0.2) is 4.79 Å². The average Bonchev–Trinajstić information content (AvgIpc) is 2.79. The van der Waals surface area contributed by atoms with Crippen molar-refractivity contribution in [2.45, 2.75) is 13.5 Å². The fraction of sp³-hybridized carbons (Fsp3) is 0.304. The van der Waals surface area contributed by atoms with Crippen molar-refractivity contribution in [1.82, 2.24) is 4.90 Å². The largest absolute Gasteiger partial charge is 0.496 e. The van der Waals surface area contributed by atoms with E-state index in [4.69, 9.17) is 18.9 Å². The molecule has 0 aliphatic carbocycles. The van der Waals surface area contributed by atoms with Gasteiger partial charge >= 0.3 is 5.97 Å². The number of esters is 1. The van der Waals surface area contributed by atoms with Gasteiger partial charge in [0.2, 0.25) is 0 Å². The SMILES string of the molecule is CCN(Cc1ccccc1)C(=O)COC(=O)/C=C/c1cc(OC)c(OC)cc1OC. The first-order valence-electron chi connectivity index (χ1n) is 9.48. The summed E-state index contributed by atoms with van der Waals surface area (Å²) in [5.41, 5.74) is 1.62. The molecular formula is C23H27NO6. The highest BCUT2D eigenvalue weighted by molar-refractivity contribution is 5.90. The Bertz CT molecular complexity index is 879. The first-order valence-corrected chi connectivity index (χ1v) is 9.48. The first-order chi connectivity index (χ1) is 14.5. The van der Waals surface area contributed by atoms with Crippen LogP contribution in [0.25, 0.3) is 6.08 Å². The van der Waals surface area contributed by atoms with E-state index < -0.39 is 5.97 Å². The summed E-state index contributed by atoms with van der Waals surface area (Å²) in [5.74, 6) is 0.634. The lowest BCUT2D eigenvalue weighted by atomic mass is 10.1. The van der Waals surface area contributed by atoms with Crippen LogP contribution in [-0.2, 0) is 20.9 Å². The lowest BCUT2D eigenvalue weighted by molar-refractivity contribution is -0.148. The smallest absolute Gasteiger partial charge is 0.331 e. The van der Waals surface area contributed by atoms with Crippen LogP contribution in [0.4, 0.5) is 0 Å². The number of carbonyl (C=O) groups excluding carboxylic acids is 2. The van der Waals surface area contributed by atoms with E-state index in [-0.39, 0.29) is 12.5 Å². The highest BCUT2D eigenvalue weighted by Crippen LogP contribution is 2.35. The molecule has 0 aliphatic heterocycles. The Kier molecular flexibility index (Phi) is 8.75. The van der Waals surface area contributed by atoms with Crippen molar-refractivity contribution in [2.24, 2.45) is 0 Å². The number of carbonyl (C=O) groups is 2. The molecular weight excluding hydrogens is 386 g/mol. The third-order valence-electron chi connectivity index (χ3n) is 4.42. The summed E-state index contributed by atoms with van der Waals surface area (Å²) in [7, 11) is 4.56. The van der Waals surface area contributed by atoms with Crippen molar-refractivity contribution in [3.63, 3.8) is 0 Å². The molecule has 7 nitrogen and oxygen atoms in total. The van der Waals surface area contributed by atoms with Crippen LogP contribution >= 0.6 is 0 Å². The van der Waals surface area contributed by atoms with E-state index >= 15 is 0 Å². The molecule has 0 saturated heterocycles. The second-order valence-corrected chi connectivity index (χ2v) is 6.28. The Morgan fingerprint density at radius 2 is 1.57 bits per heavy atom. The fourth-order valence-electron chi connectivity index (χ4n) is 2.79. The highest BCUT2D eigenvalue weighted by atomic mass is 16.5. The molecule has 0 spiro atoms. The Morgan fingerprint density at radius 1 is 0.933 bits per heavy atom. The Hall–Kier alpha value is -3.48. The molecule has 0 bridgehead atoms. The van der Waals surface area contributed by atoms with Crippen LogP contribution < -0.4 is 14.2 Å². The van der Waals surface area contributed by atoms with Crippen molar-refractivity contribution in [1.29, 1.82) is 0 Å². The molecule has 0 aromatic heterocycles. The molecule has 7 heteroatoms. The third-order valence-corrected chi connectivity index (χ3v) is 4.42. The van der Waals surface area contributed by atoms with Gasteiger partial charge in [0.15, 0.2) is 18.1 Å². The number of benzene rings is 2. The molecule has 0 N–H and O–H groups in total. The van der Waals surface area contributed by atoms with Crippen LogP contribution in [-0.4, -0.2) is 51.3 Å². The quantitative estimate of drug-likeness (QED) is 0.439. The molecule has 2 rings (SSSR count). The lowest BCUT2D eigenvalue weighted by Crippen LogP contribution is -2.33. The lowest BCUT2D eigenvalue weighted by Gasteiger charge is -2.20. The zero-order chi connectivity index (χ0) is 21.9. The molecule has 2 aromatic rings. The van der Waals surface area contributed by atoms with Crippen molar-refractivity contribution < 1.29 is 28.5 Å². The zero-order valence-corrected chi connectivity index (χ0v) is 17.7. The average molecular weight is 413 g/mol. The van der Waals surface area contributed by atoms with Gasteiger partial charge in [0.1, 0.15) is 5.75 Å². The molecule has 0 unspecified atom stereocenters. The monoisotopic (exact) mass is 413 g/mol. The van der Waals surface area contributed by atoms with Crippen LogP contribution in [0, 0.1) is 0 Å². The first kappa shape index (κ1) is 22.8. The zero-order valence-electron chi connectivity index (χ0n) is 17.7. The van der Waals surface area contributed by atoms with Crippen LogP contribution in [0.15, 0.2) is 48.5 Å². The topological polar surface area (TPSA) is 74.3 Å². The van der Waals surface area contributed by atoms with Crippen LogP contribution in [0.3, 0.4) is 0 Å². The van der Waals surface area contributed by atoms with Crippen molar-refractivity contribution >= 4 is 18.0 Å². The second-order valence-electron chi connectivity index (χ2n) is 6.28. The van der Waals surface area contributed by atoms with E-state index in [0.29, 0.717) is 35.9 Å². The molecule has 160 valence electrons. The van der Waals surface area contributed by atoms with Gasteiger partial charge in [-0.15, -0.1) is 0 Å². The molecule has 0 aliphatic rings. The van der Waals surface area contributed by atoms with Gasteiger partial charge < -0.3 is 23.8 Å². The predicted molar refractivity (Wildman–Crippen MR) is 114 cm³/mol. The number of rotatable bonds is 10. The Balaban J connectivity index is 1.98. The van der Waals surface area contributed by atoms with Gasteiger partial charge in [-0.2, -0.15) is 0 Å². The summed E-state index contributed by atoms with van der Waals surface area (Å²) in [6.45, 7) is 2.54. The van der Waals surface area contributed by atoms with Crippen molar-refractivity contribution in [3.8, 4) is 17.2 Å². The Labute approximate surface area is 176 Å². The second kappa shape index (κ2) is 11.5. The van der Waals surface area contributed by atoms with E-state index in [0.717, 1.165) is 5.56 Å². The number of methoxy groups -OCH3 is 3. The minimum atomic E-state index is -0.629. The van der Waals surface area contributed by atoms with E-state index in [1.165, 1.54) is 33.5 Å². The molecule has 0 saturated carbocycles. The van der Waals surface area contributed by atoms with Crippen molar-refractivity contribution in [2.75, 3.05) is 34.5 Å². The van der Waals surface area contributed by atoms with Gasteiger partial charge in [0.05, 0.1) is 21.3 Å². The van der Waals surface area contributed by atoms with Crippen LogP contribution in [0.5, 0.6) is 17.2 Å².